The first kappa shape index (κ1) is 17.5. The van der Waals surface area contributed by atoms with Gasteiger partial charge in [0.1, 0.15) is 0 Å². The second-order valence-corrected chi connectivity index (χ2v) is 4.12. The lowest BCUT2D eigenvalue weighted by Crippen LogP contribution is -2.15. The number of benzene rings is 1. The van der Waals surface area contributed by atoms with E-state index in [4.69, 9.17) is 23.1 Å². The highest BCUT2D eigenvalue weighted by Crippen LogP contribution is 2.38. The van der Waals surface area contributed by atoms with E-state index in [2.05, 4.69) is 0 Å². The summed E-state index contributed by atoms with van der Waals surface area (Å²) in [5.74, 6) is 0. The van der Waals surface area contributed by atoms with Gasteiger partial charge in [0.05, 0.1) is 10.6 Å². The SMILES string of the molecule is Cl.NCCC[C@H](N)c1cccc(C(F)(F)F)c1Cl. The van der Waals surface area contributed by atoms with Crippen LogP contribution >= 0.6 is 24.0 Å². The lowest BCUT2D eigenvalue weighted by molar-refractivity contribution is -0.137. The van der Waals surface area contributed by atoms with Crippen molar-refractivity contribution in [1.82, 2.24) is 0 Å². The summed E-state index contributed by atoms with van der Waals surface area (Å²) in [5, 5.41) is -0.315. The summed E-state index contributed by atoms with van der Waals surface area (Å²) in [6.07, 6.45) is -3.30. The van der Waals surface area contributed by atoms with Gasteiger partial charge in [-0.1, -0.05) is 23.7 Å². The van der Waals surface area contributed by atoms with Gasteiger partial charge in [0.25, 0.3) is 0 Å². The van der Waals surface area contributed by atoms with Crippen LogP contribution in [0.5, 0.6) is 0 Å². The van der Waals surface area contributed by atoms with Crippen LogP contribution in [0.3, 0.4) is 0 Å². The number of halogens is 5. The van der Waals surface area contributed by atoms with E-state index in [0.717, 1.165) is 6.07 Å². The zero-order valence-electron chi connectivity index (χ0n) is 9.51. The molecule has 0 aliphatic rings. The zero-order chi connectivity index (χ0) is 13.1. The van der Waals surface area contributed by atoms with Crippen molar-refractivity contribution in [2.75, 3.05) is 6.54 Å². The van der Waals surface area contributed by atoms with Gasteiger partial charge in [0.2, 0.25) is 0 Å². The van der Waals surface area contributed by atoms with Crippen molar-refractivity contribution in [3.05, 3.63) is 34.3 Å². The molecule has 2 nitrogen and oxygen atoms in total. The highest BCUT2D eigenvalue weighted by Gasteiger charge is 2.34. The predicted octanol–water partition coefficient (Wildman–Crippen LogP) is 3.52. The van der Waals surface area contributed by atoms with Crippen LogP contribution in [-0.2, 0) is 6.18 Å². The second kappa shape index (κ2) is 7.19. The molecule has 0 saturated carbocycles. The van der Waals surface area contributed by atoms with E-state index in [1.807, 2.05) is 0 Å². The normalized spacial score (nSPS) is 13.0. The fraction of sp³-hybridized carbons (Fsp3) is 0.455. The van der Waals surface area contributed by atoms with Gasteiger partial charge in [0, 0.05) is 6.04 Å². The molecule has 4 N–H and O–H groups in total. The third-order valence-corrected chi connectivity index (χ3v) is 2.87. The van der Waals surface area contributed by atoms with Crippen molar-refractivity contribution in [1.29, 1.82) is 0 Å². The lowest BCUT2D eigenvalue weighted by atomic mass is 10.0. The first-order valence-electron chi connectivity index (χ1n) is 5.19. The molecule has 1 rings (SSSR count). The molecule has 1 aromatic carbocycles. The summed E-state index contributed by atoms with van der Waals surface area (Å²) in [4.78, 5) is 0. The van der Waals surface area contributed by atoms with Crippen molar-refractivity contribution in [3.63, 3.8) is 0 Å². The van der Waals surface area contributed by atoms with Crippen LogP contribution < -0.4 is 11.5 Å². The largest absolute Gasteiger partial charge is 0.417 e. The molecule has 0 aliphatic carbocycles. The summed E-state index contributed by atoms with van der Waals surface area (Å²) in [5.41, 5.74) is 10.6. The van der Waals surface area contributed by atoms with E-state index in [0.29, 0.717) is 24.9 Å². The number of alkyl halides is 3. The number of hydrogen-bond donors (Lipinski definition) is 2. The van der Waals surface area contributed by atoms with Crippen LogP contribution in [0, 0.1) is 0 Å². The third-order valence-electron chi connectivity index (χ3n) is 2.45. The molecule has 0 unspecified atom stereocenters. The maximum absolute atomic E-state index is 12.6. The standard InChI is InChI=1S/C11H14ClF3N2.ClH/c12-10-7(9(17)5-2-6-16)3-1-4-8(10)11(13,14)15;/h1,3-4,9H,2,5-6,16-17H2;1H/t9-;/m0./s1. The molecule has 7 heteroatoms. The summed E-state index contributed by atoms with van der Waals surface area (Å²) < 4.78 is 37.8. The van der Waals surface area contributed by atoms with Gasteiger partial charge in [-0.3, -0.25) is 0 Å². The van der Waals surface area contributed by atoms with Gasteiger partial charge in [-0.25, -0.2) is 0 Å². The molecule has 0 aromatic heterocycles. The Hall–Kier alpha value is -0.490. The van der Waals surface area contributed by atoms with Crippen molar-refractivity contribution >= 4 is 24.0 Å². The molecule has 1 atom stereocenters. The van der Waals surface area contributed by atoms with Crippen molar-refractivity contribution < 1.29 is 13.2 Å². The second-order valence-electron chi connectivity index (χ2n) is 3.74. The number of hydrogen-bond acceptors (Lipinski definition) is 2. The van der Waals surface area contributed by atoms with E-state index < -0.39 is 17.8 Å². The predicted molar refractivity (Wildman–Crippen MR) is 68.9 cm³/mol. The number of nitrogens with two attached hydrogens (primary N) is 2. The Morgan fingerprint density at radius 3 is 2.39 bits per heavy atom. The quantitative estimate of drug-likeness (QED) is 0.894. The van der Waals surface area contributed by atoms with Gasteiger partial charge in [-0.2, -0.15) is 13.2 Å². The maximum atomic E-state index is 12.6. The molecular weight excluding hydrogens is 288 g/mol. The summed E-state index contributed by atoms with van der Waals surface area (Å²) in [6, 6.07) is 3.25. The van der Waals surface area contributed by atoms with E-state index in [1.165, 1.54) is 12.1 Å². The Balaban J connectivity index is 0.00000289. The third kappa shape index (κ3) is 4.31. The molecule has 18 heavy (non-hydrogen) atoms. The molecule has 0 bridgehead atoms. The Morgan fingerprint density at radius 1 is 1.28 bits per heavy atom. The van der Waals surface area contributed by atoms with Crippen LogP contribution in [0.2, 0.25) is 5.02 Å². The minimum atomic E-state index is -4.46. The van der Waals surface area contributed by atoms with E-state index in [-0.39, 0.29) is 17.4 Å². The topological polar surface area (TPSA) is 52.0 Å². The van der Waals surface area contributed by atoms with Crippen LogP contribution in [0.25, 0.3) is 0 Å². The molecule has 0 spiro atoms. The molecule has 0 heterocycles. The first-order chi connectivity index (χ1) is 7.88. The van der Waals surface area contributed by atoms with Crippen LogP contribution in [-0.4, -0.2) is 6.54 Å². The van der Waals surface area contributed by atoms with E-state index >= 15 is 0 Å². The molecule has 0 saturated heterocycles. The molecule has 0 radical (unpaired) electrons. The van der Waals surface area contributed by atoms with Gasteiger partial charge < -0.3 is 11.5 Å². The van der Waals surface area contributed by atoms with E-state index in [1.54, 1.807) is 0 Å². The van der Waals surface area contributed by atoms with Crippen LogP contribution in [0.15, 0.2) is 18.2 Å². The van der Waals surface area contributed by atoms with Gasteiger partial charge in [0.15, 0.2) is 0 Å². The Bertz CT molecular complexity index is 383. The fourth-order valence-electron chi connectivity index (χ4n) is 1.55. The molecule has 104 valence electrons. The van der Waals surface area contributed by atoms with Crippen molar-refractivity contribution in [2.45, 2.75) is 25.1 Å². The molecule has 1 aromatic rings. The average Bonchev–Trinajstić information content (AvgIpc) is 2.24. The summed E-state index contributed by atoms with van der Waals surface area (Å²) in [6.45, 7) is 0.449. The average molecular weight is 303 g/mol. The first-order valence-corrected chi connectivity index (χ1v) is 5.57. The molecule has 0 amide bonds. The molecular formula is C11H15Cl2F3N2. The maximum Gasteiger partial charge on any atom is 0.417 e. The summed E-state index contributed by atoms with van der Waals surface area (Å²) in [7, 11) is 0. The minimum Gasteiger partial charge on any atom is -0.330 e. The number of rotatable bonds is 4. The van der Waals surface area contributed by atoms with Gasteiger partial charge in [-0.15, -0.1) is 12.4 Å². The molecule has 0 fully saturated rings. The lowest BCUT2D eigenvalue weighted by Gasteiger charge is -2.17. The Kier molecular flexibility index (Phi) is 6.99. The highest BCUT2D eigenvalue weighted by atomic mass is 35.5. The van der Waals surface area contributed by atoms with Crippen molar-refractivity contribution in [3.8, 4) is 0 Å². The Labute approximate surface area is 115 Å². The Morgan fingerprint density at radius 2 is 1.89 bits per heavy atom. The summed E-state index contributed by atoms with van der Waals surface area (Å²) >= 11 is 5.74. The smallest absolute Gasteiger partial charge is 0.330 e. The molecule has 0 aliphatic heterocycles. The van der Waals surface area contributed by atoms with Crippen LogP contribution in [0.4, 0.5) is 13.2 Å². The highest BCUT2D eigenvalue weighted by molar-refractivity contribution is 6.32. The van der Waals surface area contributed by atoms with Gasteiger partial charge in [-0.05, 0) is 31.0 Å². The van der Waals surface area contributed by atoms with Crippen LogP contribution in [0.1, 0.15) is 30.0 Å². The fourth-order valence-corrected chi connectivity index (χ4v) is 1.92. The zero-order valence-corrected chi connectivity index (χ0v) is 11.1. The van der Waals surface area contributed by atoms with Gasteiger partial charge >= 0.3 is 6.18 Å². The minimum absolute atomic E-state index is 0. The van der Waals surface area contributed by atoms with E-state index in [9.17, 15) is 13.2 Å². The monoisotopic (exact) mass is 302 g/mol. The van der Waals surface area contributed by atoms with Crippen molar-refractivity contribution in [2.24, 2.45) is 11.5 Å².